The molecule has 1 atom stereocenters. The van der Waals surface area contributed by atoms with E-state index in [4.69, 9.17) is 27.9 Å². The number of rotatable bonds is 5. The lowest BCUT2D eigenvalue weighted by Gasteiger charge is -2.37. The van der Waals surface area contributed by atoms with Gasteiger partial charge in [-0.1, -0.05) is 53.5 Å². The van der Waals surface area contributed by atoms with Crippen molar-refractivity contribution in [3.63, 3.8) is 0 Å². The van der Waals surface area contributed by atoms with E-state index in [1.807, 2.05) is 19.9 Å². The van der Waals surface area contributed by atoms with Gasteiger partial charge in [0.15, 0.2) is 5.41 Å². The topological polar surface area (TPSA) is 46.6 Å². The van der Waals surface area contributed by atoms with E-state index in [0.717, 1.165) is 5.56 Å². The van der Waals surface area contributed by atoms with Gasteiger partial charge in [-0.25, -0.2) is 0 Å². The van der Waals surface area contributed by atoms with Gasteiger partial charge in [-0.3, -0.25) is 9.59 Å². The maximum Gasteiger partial charge on any atom is 0.330 e. The number of benzene rings is 2. The number of carbonyl (C=O) groups is 2. The predicted octanol–water partition coefficient (Wildman–Crippen LogP) is 5.48. The first-order valence-corrected chi connectivity index (χ1v) is 10.1. The monoisotopic (exact) mass is 431 g/mol. The Labute approximate surface area is 181 Å². The summed E-state index contributed by atoms with van der Waals surface area (Å²) in [5, 5.41) is 0.959. The zero-order valence-corrected chi connectivity index (χ0v) is 18.3. The van der Waals surface area contributed by atoms with Gasteiger partial charge >= 0.3 is 5.97 Å². The molecule has 0 bridgehead atoms. The van der Waals surface area contributed by atoms with Crippen molar-refractivity contribution in [1.82, 2.24) is 4.90 Å². The van der Waals surface area contributed by atoms with Gasteiger partial charge in [0, 0.05) is 16.2 Å². The summed E-state index contributed by atoms with van der Waals surface area (Å²) in [5.41, 5.74) is -0.361. The first-order chi connectivity index (χ1) is 13.6. The normalized spacial score (nSPS) is 19.3. The zero-order valence-electron chi connectivity index (χ0n) is 16.8. The molecule has 0 saturated heterocycles. The summed E-state index contributed by atoms with van der Waals surface area (Å²) in [6, 6.07) is 14.2. The molecule has 3 rings (SSSR count). The fraction of sp³-hybridized carbons (Fsp3) is 0.304. The Morgan fingerprint density at radius 2 is 1.69 bits per heavy atom. The summed E-state index contributed by atoms with van der Waals surface area (Å²) in [4.78, 5) is 28.6. The molecule has 0 aliphatic carbocycles. The van der Waals surface area contributed by atoms with Crippen LogP contribution in [0.15, 0.2) is 60.3 Å². The number of carbonyl (C=O) groups excluding carboxylic acids is 2. The van der Waals surface area contributed by atoms with E-state index in [9.17, 15) is 9.59 Å². The van der Waals surface area contributed by atoms with Crippen LogP contribution in [0, 0.1) is 0 Å². The highest BCUT2D eigenvalue weighted by atomic mass is 35.5. The molecule has 1 heterocycles. The molecule has 0 saturated carbocycles. The van der Waals surface area contributed by atoms with Crippen molar-refractivity contribution >= 4 is 35.1 Å². The number of hydrogen-bond acceptors (Lipinski definition) is 3. The SMILES string of the molecule is CCOC(=O)C1(c2ccccc2)C(=O)N(C(C)(C)c2cc(Cl)cc(Cl)c2)C=C1C. The van der Waals surface area contributed by atoms with E-state index in [-0.39, 0.29) is 12.5 Å². The van der Waals surface area contributed by atoms with Gasteiger partial charge in [0.25, 0.3) is 5.91 Å². The maximum atomic E-state index is 13.9. The lowest BCUT2D eigenvalue weighted by molar-refractivity contribution is -0.155. The Morgan fingerprint density at radius 1 is 1.10 bits per heavy atom. The molecule has 0 N–H and O–H groups in total. The van der Waals surface area contributed by atoms with Gasteiger partial charge in [0.2, 0.25) is 0 Å². The van der Waals surface area contributed by atoms with Crippen molar-refractivity contribution in [1.29, 1.82) is 0 Å². The van der Waals surface area contributed by atoms with Crippen LogP contribution in [0.4, 0.5) is 0 Å². The standard InChI is InChI=1S/C23H23Cl2NO3/c1-5-29-21(28)23(16-9-7-6-8-10-16)15(2)14-26(20(23)27)22(3,4)17-11-18(24)13-19(25)12-17/h6-14H,5H2,1-4H3. The van der Waals surface area contributed by atoms with E-state index < -0.39 is 16.9 Å². The second kappa shape index (κ2) is 7.85. The minimum absolute atomic E-state index is 0.182. The minimum atomic E-state index is -1.52. The van der Waals surface area contributed by atoms with E-state index in [1.165, 1.54) is 0 Å². The summed E-state index contributed by atoms with van der Waals surface area (Å²) in [5.74, 6) is -0.937. The Morgan fingerprint density at radius 3 is 2.24 bits per heavy atom. The Kier molecular flexibility index (Phi) is 5.79. The van der Waals surface area contributed by atoms with E-state index >= 15 is 0 Å². The first-order valence-electron chi connectivity index (χ1n) is 9.37. The first kappa shape index (κ1) is 21.4. The minimum Gasteiger partial charge on any atom is -0.465 e. The van der Waals surface area contributed by atoms with Crippen LogP contribution < -0.4 is 0 Å². The molecule has 1 aliphatic heterocycles. The lowest BCUT2D eigenvalue weighted by Crippen LogP contribution is -2.51. The number of nitrogens with zero attached hydrogens (tertiary/aromatic N) is 1. The molecular formula is C23H23Cl2NO3. The molecule has 2 aromatic carbocycles. The molecule has 0 aromatic heterocycles. The van der Waals surface area contributed by atoms with Crippen molar-refractivity contribution < 1.29 is 14.3 Å². The zero-order chi connectivity index (χ0) is 21.4. The average Bonchev–Trinajstić information content (AvgIpc) is 2.94. The third-order valence-electron chi connectivity index (χ3n) is 5.41. The Balaban J connectivity index is 2.16. The van der Waals surface area contributed by atoms with Gasteiger partial charge in [0.1, 0.15) is 0 Å². The highest BCUT2D eigenvalue weighted by molar-refractivity contribution is 6.34. The van der Waals surface area contributed by atoms with Crippen molar-refractivity contribution in [2.75, 3.05) is 6.61 Å². The molecule has 4 nitrogen and oxygen atoms in total. The number of esters is 1. The largest absolute Gasteiger partial charge is 0.465 e. The van der Waals surface area contributed by atoms with Gasteiger partial charge in [-0.2, -0.15) is 0 Å². The smallest absolute Gasteiger partial charge is 0.330 e. The predicted molar refractivity (Wildman–Crippen MR) is 115 cm³/mol. The summed E-state index contributed by atoms with van der Waals surface area (Å²) < 4.78 is 5.36. The summed E-state index contributed by atoms with van der Waals surface area (Å²) in [6.07, 6.45) is 1.72. The molecule has 2 aromatic rings. The molecule has 29 heavy (non-hydrogen) atoms. The second-order valence-electron chi connectivity index (χ2n) is 7.54. The molecule has 6 heteroatoms. The molecule has 152 valence electrons. The average molecular weight is 432 g/mol. The number of ether oxygens (including phenoxy) is 1. The van der Waals surface area contributed by atoms with E-state index in [1.54, 1.807) is 67.4 Å². The molecule has 1 amide bonds. The molecule has 0 spiro atoms. The maximum absolute atomic E-state index is 13.9. The highest BCUT2D eigenvalue weighted by Gasteiger charge is 2.58. The summed E-state index contributed by atoms with van der Waals surface area (Å²) >= 11 is 12.4. The van der Waals surface area contributed by atoms with Gasteiger partial charge in [-0.05, 0) is 62.6 Å². The summed E-state index contributed by atoms with van der Waals surface area (Å²) in [7, 11) is 0. The lowest BCUT2D eigenvalue weighted by atomic mass is 9.75. The van der Waals surface area contributed by atoms with Crippen LogP contribution in [0.25, 0.3) is 0 Å². The Bertz CT molecular complexity index is 965. The summed E-state index contributed by atoms with van der Waals surface area (Å²) in [6.45, 7) is 7.47. The van der Waals surface area contributed by atoms with E-state index in [0.29, 0.717) is 21.2 Å². The van der Waals surface area contributed by atoms with E-state index in [2.05, 4.69) is 0 Å². The van der Waals surface area contributed by atoms with Crippen molar-refractivity contribution in [2.45, 2.75) is 38.6 Å². The van der Waals surface area contributed by atoms with Crippen LogP contribution in [-0.4, -0.2) is 23.4 Å². The van der Waals surface area contributed by atoms with Crippen molar-refractivity contribution in [3.05, 3.63) is 81.5 Å². The van der Waals surface area contributed by atoms with Gasteiger partial charge in [-0.15, -0.1) is 0 Å². The number of amides is 1. The number of hydrogen-bond donors (Lipinski definition) is 0. The van der Waals surface area contributed by atoms with Crippen LogP contribution in [0.2, 0.25) is 10.0 Å². The Hall–Kier alpha value is -2.30. The third-order valence-corrected chi connectivity index (χ3v) is 5.85. The van der Waals surface area contributed by atoms with Crippen LogP contribution in [0.3, 0.4) is 0 Å². The second-order valence-corrected chi connectivity index (χ2v) is 8.41. The molecular weight excluding hydrogens is 409 g/mol. The highest BCUT2D eigenvalue weighted by Crippen LogP contribution is 2.45. The molecule has 0 fully saturated rings. The van der Waals surface area contributed by atoms with Gasteiger partial charge < -0.3 is 9.64 Å². The molecule has 1 aliphatic rings. The van der Waals surface area contributed by atoms with Crippen LogP contribution in [0.5, 0.6) is 0 Å². The molecule has 0 radical (unpaired) electrons. The van der Waals surface area contributed by atoms with Crippen LogP contribution >= 0.6 is 23.2 Å². The third kappa shape index (κ3) is 3.45. The van der Waals surface area contributed by atoms with Crippen molar-refractivity contribution in [3.8, 4) is 0 Å². The fourth-order valence-electron chi connectivity index (χ4n) is 3.80. The van der Waals surface area contributed by atoms with Crippen LogP contribution in [-0.2, 0) is 25.3 Å². The molecule has 1 unspecified atom stereocenters. The fourth-order valence-corrected chi connectivity index (χ4v) is 4.33. The van der Waals surface area contributed by atoms with Gasteiger partial charge in [0.05, 0.1) is 12.1 Å². The number of halogens is 2. The van der Waals surface area contributed by atoms with Crippen molar-refractivity contribution in [2.24, 2.45) is 0 Å². The van der Waals surface area contributed by atoms with Crippen LogP contribution in [0.1, 0.15) is 38.8 Å². The quantitative estimate of drug-likeness (QED) is 0.465.